The molecule has 0 atom stereocenters. The maximum atomic E-state index is 13.4. The minimum atomic E-state index is -0.916. The normalized spacial score (nSPS) is 10.5. The highest BCUT2D eigenvalue weighted by molar-refractivity contribution is 5.57. The van der Waals surface area contributed by atoms with Crippen molar-refractivity contribution in [2.75, 3.05) is 24.3 Å². The van der Waals surface area contributed by atoms with E-state index in [9.17, 15) is 8.78 Å². The summed E-state index contributed by atoms with van der Waals surface area (Å²) < 4.78 is 31.8. The van der Waals surface area contributed by atoms with Gasteiger partial charge in [0.05, 0.1) is 7.11 Å². The third-order valence-corrected chi connectivity index (χ3v) is 3.92. The lowest BCUT2D eigenvalue weighted by Crippen LogP contribution is -2.10. The second-order valence-electron chi connectivity index (χ2n) is 5.96. The summed E-state index contributed by atoms with van der Waals surface area (Å²) in [5.74, 6) is -0.0208. The van der Waals surface area contributed by atoms with E-state index in [1.807, 2.05) is 31.2 Å². The molecule has 140 valence electrons. The molecule has 0 saturated heterocycles. The van der Waals surface area contributed by atoms with Gasteiger partial charge < -0.3 is 15.4 Å². The third kappa shape index (κ3) is 4.91. The molecule has 0 radical (unpaired) electrons. The topological polar surface area (TPSA) is 59.1 Å². The Morgan fingerprint density at radius 3 is 2.59 bits per heavy atom. The third-order valence-electron chi connectivity index (χ3n) is 3.92. The van der Waals surface area contributed by atoms with Crippen molar-refractivity contribution in [3.8, 4) is 5.75 Å². The van der Waals surface area contributed by atoms with Crippen LogP contribution in [0.25, 0.3) is 0 Å². The van der Waals surface area contributed by atoms with Crippen LogP contribution in [0.3, 0.4) is 0 Å². The first-order valence-electron chi connectivity index (χ1n) is 8.48. The second kappa shape index (κ2) is 8.44. The van der Waals surface area contributed by atoms with Crippen molar-refractivity contribution in [3.05, 3.63) is 71.4 Å². The van der Waals surface area contributed by atoms with E-state index < -0.39 is 11.6 Å². The minimum absolute atomic E-state index is 0.409. The molecule has 1 heterocycles. The number of nitrogens with one attached hydrogen (secondary N) is 2. The van der Waals surface area contributed by atoms with Gasteiger partial charge in [-0.2, -0.15) is 4.98 Å². The maximum Gasteiger partial charge on any atom is 0.224 e. The lowest BCUT2D eigenvalue weighted by atomic mass is 10.1. The van der Waals surface area contributed by atoms with Crippen LogP contribution in [0.5, 0.6) is 5.75 Å². The number of hydrogen-bond donors (Lipinski definition) is 2. The molecule has 5 nitrogen and oxygen atoms in total. The second-order valence-corrected chi connectivity index (χ2v) is 5.96. The molecule has 0 fully saturated rings. The maximum absolute atomic E-state index is 13.4. The molecule has 2 N–H and O–H groups in total. The van der Waals surface area contributed by atoms with Crippen molar-refractivity contribution < 1.29 is 13.5 Å². The highest BCUT2D eigenvalue weighted by atomic mass is 19.2. The molecule has 7 heteroatoms. The van der Waals surface area contributed by atoms with Crippen LogP contribution in [0.2, 0.25) is 0 Å². The van der Waals surface area contributed by atoms with Gasteiger partial charge in [0.1, 0.15) is 11.6 Å². The molecule has 2 aromatic carbocycles. The van der Waals surface area contributed by atoms with Gasteiger partial charge in [0.2, 0.25) is 5.95 Å². The fraction of sp³-hybridized carbons (Fsp3) is 0.200. The van der Waals surface area contributed by atoms with Crippen LogP contribution in [0.1, 0.15) is 11.3 Å². The SMILES string of the molecule is COc1ccccc1CCNc1nc(C)cc(Nc2ccc(F)c(F)c2)n1. The van der Waals surface area contributed by atoms with Crippen LogP contribution in [-0.2, 0) is 6.42 Å². The molecule has 0 aliphatic heterocycles. The molecule has 0 aliphatic carbocycles. The quantitative estimate of drug-likeness (QED) is 0.643. The van der Waals surface area contributed by atoms with Gasteiger partial charge in [-0.05, 0) is 37.1 Å². The van der Waals surface area contributed by atoms with Crippen molar-refractivity contribution >= 4 is 17.5 Å². The van der Waals surface area contributed by atoms with Gasteiger partial charge in [-0.3, -0.25) is 0 Å². The van der Waals surface area contributed by atoms with Crippen LogP contribution >= 0.6 is 0 Å². The Balaban J connectivity index is 1.67. The highest BCUT2D eigenvalue weighted by Crippen LogP contribution is 2.20. The Hall–Kier alpha value is -3.22. The summed E-state index contributed by atoms with van der Waals surface area (Å²) in [6, 6.07) is 13.1. The lowest BCUT2D eigenvalue weighted by molar-refractivity contribution is 0.410. The number of nitrogens with zero attached hydrogens (tertiary/aromatic N) is 2. The average molecular weight is 370 g/mol. The number of aryl methyl sites for hydroxylation is 1. The van der Waals surface area contributed by atoms with Crippen LogP contribution < -0.4 is 15.4 Å². The monoisotopic (exact) mass is 370 g/mol. The van der Waals surface area contributed by atoms with Gasteiger partial charge in [0.15, 0.2) is 11.6 Å². The van der Waals surface area contributed by atoms with E-state index in [1.54, 1.807) is 13.2 Å². The fourth-order valence-corrected chi connectivity index (χ4v) is 2.65. The zero-order valence-electron chi connectivity index (χ0n) is 15.1. The molecule has 0 aliphatic rings. The van der Waals surface area contributed by atoms with Crippen LogP contribution in [0.4, 0.5) is 26.2 Å². The summed E-state index contributed by atoms with van der Waals surface area (Å²) in [5, 5.41) is 6.14. The summed E-state index contributed by atoms with van der Waals surface area (Å²) in [5.41, 5.74) is 2.24. The molecule has 27 heavy (non-hydrogen) atoms. The van der Waals surface area contributed by atoms with E-state index in [-0.39, 0.29) is 0 Å². The Kier molecular flexibility index (Phi) is 5.80. The van der Waals surface area contributed by atoms with Gasteiger partial charge in [-0.1, -0.05) is 18.2 Å². The lowest BCUT2D eigenvalue weighted by Gasteiger charge is -2.11. The van der Waals surface area contributed by atoms with Gasteiger partial charge in [-0.15, -0.1) is 0 Å². The molecular weight excluding hydrogens is 350 g/mol. The van der Waals surface area contributed by atoms with Gasteiger partial charge in [-0.25, -0.2) is 13.8 Å². The van der Waals surface area contributed by atoms with E-state index in [4.69, 9.17) is 4.74 Å². The predicted molar refractivity (Wildman–Crippen MR) is 102 cm³/mol. The van der Waals surface area contributed by atoms with Crippen molar-refractivity contribution in [3.63, 3.8) is 0 Å². The Labute approximate surface area is 156 Å². The Morgan fingerprint density at radius 1 is 1.00 bits per heavy atom. The number of anilines is 3. The Morgan fingerprint density at radius 2 is 1.81 bits per heavy atom. The Bertz CT molecular complexity index is 934. The minimum Gasteiger partial charge on any atom is -0.496 e. The van der Waals surface area contributed by atoms with E-state index in [0.717, 1.165) is 35.6 Å². The number of hydrogen-bond acceptors (Lipinski definition) is 5. The molecule has 1 aromatic heterocycles. The smallest absolute Gasteiger partial charge is 0.224 e. The molecule has 0 bridgehead atoms. The number of ether oxygens (including phenoxy) is 1. The van der Waals surface area contributed by atoms with E-state index >= 15 is 0 Å². The van der Waals surface area contributed by atoms with Gasteiger partial charge in [0.25, 0.3) is 0 Å². The number of para-hydroxylation sites is 1. The number of methoxy groups -OCH3 is 1. The molecule has 3 rings (SSSR count). The summed E-state index contributed by atoms with van der Waals surface area (Å²) in [4.78, 5) is 8.73. The zero-order valence-corrected chi connectivity index (χ0v) is 15.1. The predicted octanol–water partition coefficient (Wildman–Crippen LogP) is 4.47. The van der Waals surface area contributed by atoms with E-state index in [2.05, 4.69) is 20.6 Å². The van der Waals surface area contributed by atoms with Crippen LogP contribution in [0.15, 0.2) is 48.5 Å². The first-order chi connectivity index (χ1) is 13.0. The van der Waals surface area contributed by atoms with Gasteiger partial charge >= 0.3 is 0 Å². The van der Waals surface area contributed by atoms with E-state index in [0.29, 0.717) is 24.0 Å². The van der Waals surface area contributed by atoms with Crippen molar-refractivity contribution in [2.24, 2.45) is 0 Å². The average Bonchev–Trinajstić information content (AvgIpc) is 2.65. The highest BCUT2D eigenvalue weighted by Gasteiger charge is 2.07. The molecule has 3 aromatic rings. The van der Waals surface area contributed by atoms with Crippen molar-refractivity contribution in [2.45, 2.75) is 13.3 Å². The summed E-state index contributed by atoms with van der Waals surface area (Å²) in [6.07, 6.45) is 0.743. The van der Waals surface area contributed by atoms with Crippen LogP contribution in [-0.4, -0.2) is 23.6 Å². The molecule has 0 saturated carbocycles. The summed E-state index contributed by atoms with van der Waals surface area (Å²) >= 11 is 0. The first-order valence-corrected chi connectivity index (χ1v) is 8.48. The molecule has 0 amide bonds. The molecule has 0 spiro atoms. The number of aromatic nitrogens is 2. The van der Waals surface area contributed by atoms with Crippen LogP contribution in [0, 0.1) is 18.6 Å². The summed E-state index contributed by atoms with van der Waals surface area (Å²) in [7, 11) is 1.64. The largest absolute Gasteiger partial charge is 0.496 e. The van der Waals surface area contributed by atoms with Gasteiger partial charge in [0, 0.05) is 30.1 Å². The number of rotatable bonds is 7. The standard InChI is InChI=1S/C20H20F2N4O/c1-13-11-19(25-15-7-8-16(21)17(22)12-15)26-20(24-13)23-10-9-14-5-3-4-6-18(14)27-2/h3-8,11-12H,9-10H2,1-2H3,(H2,23,24,25,26). The molecule has 0 unspecified atom stereocenters. The number of benzene rings is 2. The van der Waals surface area contributed by atoms with Crippen molar-refractivity contribution in [1.82, 2.24) is 9.97 Å². The van der Waals surface area contributed by atoms with Crippen molar-refractivity contribution in [1.29, 1.82) is 0 Å². The van der Waals surface area contributed by atoms with E-state index in [1.165, 1.54) is 6.07 Å². The first kappa shape index (κ1) is 18.6. The molecular formula is C20H20F2N4O. The zero-order chi connectivity index (χ0) is 19.2. The number of halogens is 2. The summed E-state index contributed by atoms with van der Waals surface area (Å²) in [6.45, 7) is 2.46. The fourth-order valence-electron chi connectivity index (χ4n) is 2.65.